The van der Waals surface area contributed by atoms with Gasteiger partial charge in [-0.15, -0.1) is 11.6 Å². The fourth-order valence-electron chi connectivity index (χ4n) is 5.12. The quantitative estimate of drug-likeness (QED) is 0.627. The number of carboxylic acid groups (broad SMARTS) is 1. The van der Waals surface area contributed by atoms with E-state index in [9.17, 15) is 9.59 Å². The van der Waals surface area contributed by atoms with Crippen LogP contribution in [0.5, 0.6) is 0 Å². The lowest BCUT2D eigenvalue weighted by molar-refractivity contribution is -0.142. The molecule has 1 aliphatic heterocycles. The molecule has 29 heavy (non-hydrogen) atoms. The molecule has 0 aromatic rings. The van der Waals surface area contributed by atoms with Crippen LogP contribution < -0.4 is 0 Å². The van der Waals surface area contributed by atoms with Crippen molar-refractivity contribution in [1.82, 2.24) is 5.01 Å². The highest BCUT2D eigenvalue weighted by Crippen LogP contribution is 2.39. The van der Waals surface area contributed by atoms with Crippen molar-refractivity contribution in [3.8, 4) is 0 Å². The molecule has 7 nitrogen and oxygen atoms in total. The molecule has 0 bridgehead atoms. The highest BCUT2D eigenvalue weighted by atomic mass is 35.5. The molecule has 0 radical (unpaired) electrons. The molecule has 4 unspecified atom stereocenters. The number of halogens is 1. The lowest BCUT2D eigenvalue weighted by Gasteiger charge is -2.35. The fourth-order valence-corrected chi connectivity index (χ4v) is 5.37. The molecule has 2 saturated carbocycles. The minimum atomic E-state index is -0.957. The van der Waals surface area contributed by atoms with Crippen LogP contribution in [-0.4, -0.2) is 65.6 Å². The van der Waals surface area contributed by atoms with Crippen LogP contribution in [-0.2, 0) is 19.1 Å². The molecule has 3 aliphatic rings. The first-order valence-corrected chi connectivity index (χ1v) is 11.2. The van der Waals surface area contributed by atoms with Gasteiger partial charge in [0.05, 0.1) is 24.7 Å². The number of methoxy groups -OCH3 is 2. The topological polar surface area (TPSA) is 88.4 Å². The average molecular weight is 429 g/mol. The van der Waals surface area contributed by atoms with E-state index in [1.165, 1.54) is 0 Å². The molecule has 0 spiro atoms. The van der Waals surface area contributed by atoms with Gasteiger partial charge in [-0.2, -0.15) is 5.10 Å². The predicted octanol–water partition coefficient (Wildman–Crippen LogP) is 3.44. The smallest absolute Gasteiger partial charge is 0.303 e. The van der Waals surface area contributed by atoms with Crippen molar-refractivity contribution >= 4 is 29.2 Å². The number of hydrogen-bond acceptors (Lipinski definition) is 5. The van der Waals surface area contributed by atoms with Crippen LogP contribution in [0.2, 0.25) is 0 Å². The van der Waals surface area contributed by atoms with Crippen LogP contribution in [0, 0.1) is 11.8 Å². The van der Waals surface area contributed by atoms with Crippen LogP contribution >= 0.6 is 11.6 Å². The minimum Gasteiger partial charge on any atom is -0.481 e. The summed E-state index contributed by atoms with van der Waals surface area (Å²) in [5.74, 6) is -0.500. The summed E-state index contributed by atoms with van der Waals surface area (Å²) in [5.41, 5.74) is 1.06. The van der Waals surface area contributed by atoms with Gasteiger partial charge in [-0.25, -0.2) is 5.01 Å². The lowest BCUT2D eigenvalue weighted by atomic mass is 9.77. The summed E-state index contributed by atoms with van der Waals surface area (Å²) in [6.45, 7) is 0. The zero-order chi connectivity index (χ0) is 21.0. The summed E-state index contributed by atoms with van der Waals surface area (Å²) in [4.78, 5) is 23.7. The Kier molecular flexibility index (Phi) is 7.93. The second kappa shape index (κ2) is 10.2. The molecule has 1 N–H and O–H groups in total. The van der Waals surface area contributed by atoms with Crippen molar-refractivity contribution in [3.63, 3.8) is 0 Å². The molecular formula is C21H33ClN2O5. The Morgan fingerprint density at radius 1 is 1.07 bits per heavy atom. The zero-order valence-electron chi connectivity index (χ0n) is 17.4. The molecule has 1 amide bonds. The number of carbonyl (C=O) groups is 2. The number of hydrogen-bond donors (Lipinski definition) is 1. The molecule has 4 atom stereocenters. The highest BCUT2D eigenvalue weighted by molar-refractivity contribution is 6.20. The van der Waals surface area contributed by atoms with Crippen LogP contribution in [0.4, 0.5) is 0 Å². The van der Waals surface area contributed by atoms with Crippen molar-refractivity contribution in [2.75, 3.05) is 14.2 Å². The number of alkyl halides is 1. The van der Waals surface area contributed by atoms with Gasteiger partial charge in [-0.1, -0.05) is 0 Å². The van der Waals surface area contributed by atoms with Gasteiger partial charge in [0.1, 0.15) is 0 Å². The van der Waals surface area contributed by atoms with Gasteiger partial charge in [-0.05, 0) is 50.9 Å². The predicted molar refractivity (Wildman–Crippen MR) is 110 cm³/mol. The van der Waals surface area contributed by atoms with Crippen LogP contribution in [0.25, 0.3) is 0 Å². The summed E-state index contributed by atoms with van der Waals surface area (Å²) in [5, 5.41) is 15.6. The van der Waals surface area contributed by atoms with Crippen molar-refractivity contribution in [3.05, 3.63) is 0 Å². The summed E-state index contributed by atoms with van der Waals surface area (Å²) >= 11 is 6.28. The van der Waals surface area contributed by atoms with E-state index in [2.05, 4.69) is 0 Å². The maximum Gasteiger partial charge on any atom is 0.303 e. The number of carboxylic acids is 1. The first kappa shape index (κ1) is 22.5. The number of carbonyl (C=O) groups excluding carboxylic acids is 1. The second-order valence-corrected chi connectivity index (χ2v) is 9.18. The third-order valence-electron chi connectivity index (χ3n) is 6.83. The lowest BCUT2D eigenvalue weighted by Crippen LogP contribution is -2.40. The van der Waals surface area contributed by atoms with Gasteiger partial charge < -0.3 is 14.6 Å². The Morgan fingerprint density at radius 2 is 1.76 bits per heavy atom. The van der Waals surface area contributed by atoms with Gasteiger partial charge in [-0.3, -0.25) is 9.59 Å². The summed E-state index contributed by atoms with van der Waals surface area (Å²) < 4.78 is 11.2. The van der Waals surface area contributed by atoms with Crippen LogP contribution in [0.3, 0.4) is 0 Å². The van der Waals surface area contributed by atoms with Gasteiger partial charge in [0.2, 0.25) is 5.91 Å². The molecule has 0 aromatic carbocycles. The summed E-state index contributed by atoms with van der Waals surface area (Å²) in [6.07, 6.45) is 7.34. The Morgan fingerprint density at radius 3 is 2.38 bits per heavy atom. The first-order chi connectivity index (χ1) is 13.9. The molecule has 3 rings (SSSR count). The van der Waals surface area contributed by atoms with Gasteiger partial charge in [0, 0.05) is 44.1 Å². The van der Waals surface area contributed by atoms with E-state index in [4.69, 9.17) is 31.3 Å². The minimum absolute atomic E-state index is 0.00935. The third kappa shape index (κ3) is 5.50. The van der Waals surface area contributed by atoms with Gasteiger partial charge in [0.25, 0.3) is 0 Å². The van der Waals surface area contributed by atoms with E-state index in [0.29, 0.717) is 5.92 Å². The number of nitrogens with zero attached hydrogens (tertiary/aromatic N) is 2. The molecule has 2 aliphatic carbocycles. The average Bonchev–Trinajstić information content (AvgIpc) is 3.17. The van der Waals surface area contributed by atoms with E-state index >= 15 is 0 Å². The highest BCUT2D eigenvalue weighted by Gasteiger charge is 2.42. The van der Waals surface area contributed by atoms with Crippen molar-refractivity contribution < 1.29 is 24.2 Å². The molecule has 8 heteroatoms. The standard InChI is InChI=1S/C21H33ClN2O5/c1-28-18-8-5-14(11-19(18)29-2)16-12-17(13-3-6-15(22)7-4-13)24(23-16)20(25)9-10-21(26)27/h13-15,17-19H,3-12H2,1-2H3,(H,26,27). The Hall–Kier alpha value is -1.18. The Bertz CT molecular complexity index is 620. The first-order valence-electron chi connectivity index (χ1n) is 10.7. The molecule has 0 saturated heterocycles. The van der Waals surface area contributed by atoms with E-state index in [-0.39, 0.29) is 48.3 Å². The van der Waals surface area contributed by atoms with E-state index in [1.807, 2.05) is 0 Å². The van der Waals surface area contributed by atoms with Crippen LogP contribution in [0.15, 0.2) is 5.10 Å². The fraction of sp³-hybridized carbons (Fsp3) is 0.857. The third-order valence-corrected chi connectivity index (χ3v) is 7.27. The number of amides is 1. The maximum atomic E-state index is 12.8. The number of rotatable bonds is 7. The molecular weight excluding hydrogens is 396 g/mol. The van der Waals surface area contributed by atoms with Crippen molar-refractivity contribution in [1.29, 1.82) is 0 Å². The SMILES string of the molecule is COC1CCC(C2=NN(C(=O)CCC(=O)O)C(C3CCC(Cl)CC3)C2)CC1OC. The number of hydrazone groups is 1. The van der Waals surface area contributed by atoms with E-state index in [0.717, 1.165) is 57.1 Å². The van der Waals surface area contributed by atoms with Gasteiger partial charge >= 0.3 is 5.97 Å². The summed E-state index contributed by atoms with van der Waals surface area (Å²) in [7, 11) is 3.43. The second-order valence-electron chi connectivity index (χ2n) is 8.57. The largest absolute Gasteiger partial charge is 0.481 e. The zero-order valence-corrected chi connectivity index (χ0v) is 18.1. The van der Waals surface area contributed by atoms with Crippen LogP contribution in [0.1, 0.15) is 64.2 Å². The Labute approximate surface area is 177 Å². The van der Waals surface area contributed by atoms with E-state index in [1.54, 1.807) is 19.2 Å². The Balaban J connectivity index is 1.72. The maximum absolute atomic E-state index is 12.8. The molecule has 0 aromatic heterocycles. The monoisotopic (exact) mass is 428 g/mol. The molecule has 2 fully saturated rings. The normalized spacial score (nSPS) is 35.4. The van der Waals surface area contributed by atoms with Crippen molar-refractivity contribution in [2.24, 2.45) is 16.9 Å². The van der Waals surface area contributed by atoms with Gasteiger partial charge in [0.15, 0.2) is 0 Å². The number of ether oxygens (including phenoxy) is 2. The molecule has 1 heterocycles. The number of aliphatic carboxylic acids is 1. The summed E-state index contributed by atoms with van der Waals surface area (Å²) in [6, 6.07) is 0.0246. The van der Waals surface area contributed by atoms with E-state index < -0.39 is 5.97 Å². The van der Waals surface area contributed by atoms with Crippen molar-refractivity contribution in [2.45, 2.75) is 87.8 Å². The molecule has 164 valence electrons.